The van der Waals surface area contributed by atoms with E-state index in [1.807, 2.05) is 18.2 Å². The molecule has 0 bridgehead atoms. The van der Waals surface area contributed by atoms with Crippen LogP contribution in [-0.4, -0.2) is 42.9 Å². The van der Waals surface area contributed by atoms with E-state index in [-0.39, 0.29) is 17.6 Å². The maximum Gasteiger partial charge on any atom is 0.123 e. The maximum atomic E-state index is 10.2. The molecule has 2 aliphatic heterocycles. The molecule has 4 heteroatoms. The van der Waals surface area contributed by atoms with Crippen molar-refractivity contribution in [1.82, 2.24) is 4.90 Å². The third kappa shape index (κ3) is 7.11. The lowest BCUT2D eigenvalue weighted by atomic mass is 9.76. The molecule has 0 aliphatic carbocycles. The predicted octanol–water partition coefficient (Wildman–Crippen LogP) is 7.91. The summed E-state index contributed by atoms with van der Waals surface area (Å²) >= 11 is 0. The van der Waals surface area contributed by atoms with Crippen LogP contribution in [0.1, 0.15) is 86.3 Å². The Bertz CT molecular complexity index is 1110. The summed E-state index contributed by atoms with van der Waals surface area (Å²) in [5.74, 6) is 2.34. The van der Waals surface area contributed by atoms with E-state index < -0.39 is 0 Å². The minimum Gasteiger partial charge on any atom is -0.508 e. The van der Waals surface area contributed by atoms with Crippen LogP contribution in [0, 0.1) is 0 Å². The number of ether oxygens (including phenoxy) is 2. The molecule has 2 aliphatic rings. The monoisotopic (exact) mass is 513 g/mol. The smallest absolute Gasteiger partial charge is 0.123 e. The zero-order valence-electron chi connectivity index (χ0n) is 22.7. The van der Waals surface area contributed by atoms with Crippen molar-refractivity contribution in [2.75, 3.05) is 32.8 Å². The second-order valence-corrected chi connectivity index (χ2v) is 11.0. The Labute approximate surface area is 228 Å². The van der Waals surface area contributed by atoms with Crippen molar-refractivity contribution in [2.45, 2.75) is 69.6 Å². The van der Waals surface area contributed by atoms with Gasteiger partial charge in [0.1, 0.15) is 17.2 Å². The molecule has 0 aromatic heterocycles. The fraction of sp³-hybridized carbons (Fsp3) is 0.471. The fourth-order valence-corrected chi connectivity index (χ4v) is 6.09. The highest BCUT2D eigenvalue weighted by Gasteiger charge is 2.33. The summed E-state index contributed by atoms with van der Waals surface area (Å²) < 4.78 is 12.2. The van der Waals surface area contributed by atoms with Crippen LogP contribution in [0.5, 0.6) is 17.2 Å². The van der Waals surface area contributed by atoms with Crippen LogP contribution in [-0.2, 0) is 0 Å². The van der Waals surface area contributed by atoms with Crippen LogP contribution in [0.2, 0.25) is 0 Å². The molecule has 2 atom stereocenters. The lowest BCUT2D eigenvalue weighted by Crippen LogP contribution is -2.25. The summed E-state index contributed by atoms with van der Waals surface area (Å²) in [7, 11) is 0. The van der Waals surface area contributed by atoms with Gasteiger partial charge in [-0.05, 0) is 86.8 Å². The van der Waals surface area contributed by atoms with E-state index >= 15 is 0 Å². The third-order valence-electron chi connectivity index (χ3n) is 8.20. The molecule has 2 heterocycles. The highest BCUT2D eigenvalue weighted by Crippen LogP contribution is 2.47. The summed E-state index contributed by atoms with van der Waals surface area (Å²) in [6.07, 6.45) is 11.9. The van der Waals surface area contributed by atoms with E-state index in [1.165, 1.54) is 82.1 Å². The van der Waals surface area contributed by atoms with Gasteiger partial charge < -0.3 is 19.5 Å². The minimum atomic E-state index is 0.109. The second-order valence-electron chi connectivity index (χ2n) is 11.0. The van der Waals surface area contributed by atoms with E-state index in [0.29, 0.717) is 6.61 Å². The minimum absolute atomic E-state index is 0.109. The highest BCUT2D eigenvalue weighted by molar-refractivity contribution is 5.51. The largest absolute Gasteiger partial charge is 0.508 e. The molecule has 38 heavy (non-hydrogen) atoms. The molecule has 3 aromatic rings. The number of likely N-dealkylation sites (tertiary alicyclic amines) is 1. The molecule has 5 rings (SSSR count). The molecule has 1 saturated heterocycles. The van der Waals surface area contributed by atoms with Gasteiger partial charge >= 0.3 is 0 Å². The Balaban J connectivity index is 1.09. The normalized spacial score (nSPS) is 19.2. The molecule has 2 unspecified atom stereocenters. The van der Waals surface area contributed by atoms with E-state index in [9.17, 15) is 5.11 Å². The first-order valence-corrected chi connectivity index (χ1v) is 14.7. The zero-order valence-corrected chi connectivity index (χ0v) is 22.7. The quantitative estimate of drug-likeness (QED) is 0.236. The van der Waals surface area contributed by atoms with E-state index in [2.05, 4.69) is 53.4 Å². The van der Waals surface area contributed by atoms with Crippen molar-refractivity contribution in [3.05, 3.63) is 89.5 Å². The summed E-state index contributed by atoms with van der Waals surface area (Å²) in [5.41, 5.74) is 3.50. The average molecular weight is 514 g/mol. The van der Waals surface area contributed by atoms with Gasteiger partial charge in [-0.15, -0.1) is 0 Å². The van der Waals surface area contributed by atoms with Crippen molar-refractivity contribution in [3.63, 3.8) is 0 Å². The summed E-state index contributed by atoms with van der Waals surface area (Å²) in [6.45, 7) is 5.34. The molecular weight excluding hydrogens is 470 g/mol. The number of nitrogens with zero attached hydrogens (tertiary/aromatic N) is 1. The SMILES string of the molecule is Oc1ccc2c(c1)C(c1ccc(OCCCCCCCCCN3CCCC3)cc1)C(c1ccccc1)CO2. The first-order chi connectivity index (χ1) is 18.8. The van der Waals surface area contributed by atoms with Crippen LogP contribution in [0.25, 0.3) is 0 Å². The van der Waals surface area contributed by atoms with Gasteiger partial charge in [0.05, 0.1) is 13.2 Å². The first kappa shape index (κ1) is 26.6. The van der Waals surface area contributed by atoms with Crippen LogP contribution in [0.15, 0.2) is 72.8 Å². The number of benzene rings is 3. The Morgan fingerprint density at radius 2 is 1.47 bits per heavy atom. The number of rotatable bonds is 13. The molecule has 0 amide bonds. The van der Waals surface area contributed by atoms with Crippen LogP contribution in [0.3, 0.4) is 0 Å². The molecule has 0 spiro atoms. The number of unbranched alkanes of at least 4 members (excludes halogenated alkanes) is 6. The van der Waals surface area contributed by atoms with E-state index in [0.717, 1.165) is 30.1 Å². The predicted molar refractivity (Wildman–Crippen MR) is 155 cm³/mol. The number of hydrogen-bond acceptors (Lipinski definition) is 4. The van der Waals surface area contributed by atoms with Gasteiger partial charge in [0, 0.05) is 17.4 Å². The number of phenolic OH excluding ortho intramolecular Hbond substituents is 1. The standard InChI is InChI=1S/C34H43NO3/c36-29-17-20-33-31(25-29)34(32(26-38-33)27-13-7-6-8-14-27)28-15-18-30(19-16-28)37-24-12-5-3-1-2-4-9-21-35-22-10-11-23-35/h6-8,13-20,25,32,34,36H,1-5,9-12,21-24,26H2. The Morgan fingerprint density at radius 1 is 0.763 bits per heavy atom. The zero-order chi connectivity index (χ0) is 26.0. The van der Waals surface area contributed by atoms with Crippen molar-refractivity contribution in [2.24, 2.45) is 0 Å². The van der Waals surface area contributed by atoms with Crippen LogP contribution >= 0.6 is 0 Å². The Morgan fingerprint density at radius 3 is 2.24 bits per heavy atom. The molecule has 4 nitrogen and oxygen atoms in total. The molecule has 202 valence electrons. The van der Waals surface area contributed by atoms with E-state index in [4.69, 9.17) is 9.47 Å². The molecule has 1 fully saturated rings. The summed E-state index contributed by atoms with van der Waals surface area (Å²) in [5, 5.41) is 10.2. The topological polar surface area (TPSA) is 41.9 Å². The first-order valence-electron chi connectivity index (χ1n) is 14.7. The maximum absolute atomic E-state index is 10.2. The third-order valence-corrected chi connectivity index (χ3v) is 8.20. The van der Waals surface area contributed by atoms with E-state index in [1.54, 1.807) is 6.07 Å². The highest BCUT2D eigenvalue weighted by atomic mass is 16.5. The molecule has 0 radical (unpaired) electrons. The Hall–Kier alpha value is -2.98. The van der Waals surface area contributed by atoms with Crippen molar-refractivity contribution < 1.29 is 14.6 Å². The van der Waals surface area contributed by atoms with Crippen LogP contribution < -0.4 is 9.47 Å². The van der Waals surface area contributed by atoms with Gasteiger partial charge in [0.15, 0.2) is 0 Å². The second kappa shape index (κ2) is 13.7. The Kier molecular flexibility index (Phi) is 9.60. The van der Waals surface area contributed by atoms with Gasteiger partial charge in [-0.2, -0.15) is 0 Å². The lowest BCUT2D eigenvalue weighted by molar-refractivity contribution is 0.248. The van der Waals surface area contributed by atoms with Gasteiger partial charge in [-0.1, -0.05) is 74.6 Å². The molecule has 0 saturated carbocycles. The number of phenols is 1. The van der Waals surface area contributed by atoms with Crippen molar-refractivity contribution >= 4 is 0 Å². The summed E-state index contributed by atoms with van der Waals surface area (Å²) in [4.78, 5) is 2.62. The fourth-order valence-electron chi connectivity index (χ4n) is 6.09. The molecular formula is C34H43NO3. The average Bonchev–Trinajstić information content (AvgIpc) is 3.48. The molecule has 1 N–H and O–H groups in total. The number of fused-ring (bicyclic) bond motifs is 1. The van der Waals surface area contributed by atoms with Crippen LogP contribution in [0.4, 0.5) is 0 Å². The lowest BCUT2D eigenvalue weighted by Gasteiger charge is -2.34. The summed E-state index contributed by atoms with van der Waals surface area (Å²) in [6, 6.07) is 24.5. The van der Waals surface area contributed by atoms with Crippen molar-refractivity contribution in [3.8, 4) is 17.2 Å². The molecule has 3 aromatic carbocycles. The number of hydrogen-bond donors (Lipinski definition) is 1. The van der Waals surface area contributed by atoms with Gasteiger partial charge in [-0.3, -0.25) is 0 Å². The number of aromatic hydroxyl groups is 1. The van der Waals surface area contributed by atoms with Crippen molar-refractivity contribution in [1.29, 1.82) is 0 Å². The van der Waals surface area contributed by atoms with Gasteiger partial charge in [0.25, 0.3) is 0 Å². The van der Waals surface area contributed by atoms with Gasteiger partial charge in [0.2, 0.25) is 0 Å². The van der Waals surface area contributed by atoms with Gasteiger partial charge in [-0.25, -0.2) is 0 Å².